The maximum absolute atomic E-state index is 11.8. The van der Waals surface area contributed by atoms with E-state index in [1.165, 1.54) is 5.56 Å². The number of amides is 1. The van der Waals surface area contributed by atoms with Crippen molar-refractivity contribution in [3.05, 3.63) is 59.9 Å². The molecule has 0 bridgehead atoms. The second kappa shape index (κ2) is 7.40. The van der Waals surface area contributed by atoms with Crippen LogP contribution in [0.1, 0.15) is 18.1 Å². The van der Waals surface area contributed by atoms with E-state index in [-0.39, 0.29) is 12.5 Å². The Hall–Kier alpha value is -2.20. The fourth-order valence-corrected chi connectivity index (χ4v) is 1.85. The molecule has 20 heavy (non-hydrogen) atoms. The molecule has 0 radical (unpaired) electrons. The number of hydrogen-bond acceptors (Lipinski definition) is 3. The number of carbonyl (C=O) groups excluding carboxylic acids is 1. The number of rotatable bonds is 6. The molecule has 0 saturated carbocycles. The van der Waals surface area contributed by atoms with Gasteiger partial charge in [-0.25, -0.2) is 0 Å². The van der Waals surface area contributed by atoms with Crippen molar-refractivity contribution >= 4 is 11.6 Å². The number of hydrogen-bond donors (Lipinski definition) is 2. The number of aromatic nitrogens is 1. The molecule has 104 valence electrons. The van der Waals surface area contributed by atoms with Crippen LogP contribution in [0.3, 0.4) is 0 Å². The van der Waals surface area contributed by atoms with Gasteiger partial charge in [-0.05, 0) is 35.7 Å². The Kier molecular flexibility index (Phi) is 5.26. The zero-order chi connectivity index (χ0) is 14.2. The monoisotopic (exact) mass is 269 g/mol. The van der Waals surface area contributed by atoms with E-state index in [0.717, 1.165) is 17.7 Å². The van der Waals surface area contributed by atoms with Crippen LogP contribution in [0.2, 0.25) is 0 Å². The van der Waals surface area contributed by atoms with Gasteiger partial charge in [-0.15, -0.1) is 0 Å². The van der Waals surface area contributed by atoms with Crippen molar-refractivity contribution in [1.29, 1.82) is 0 Å². The Bertz CT molecular complexity index is 537. The van der Waals surface area contributed by atoms with E-state index < -0.39 is 0 Å². The number of nitrogens with one attached hydrogen (secondary N) is 2. The van der Waals surface area contributed by atoms with Gasteiger partial charge in [0.25, 0.3) is 0 Å². The predicted molar refractivity (Wildman–Crippen MR) is 80.4 cm³/mol. The Balaban J connectivity index is 1.74. The summed E-state index contributed by atoms with van der Waals surface area (Å²) >= 11 is 0. The molecule has 2 N–H and O–H groups in total. The molecular formula is C16H19N3O. The Labute approximate surface area is 119 Å². The summed E-state index contributed by atoms with van der Waals surface area (Å²) in [6, 6.07) is 11.8. The second-order valence-electron chi connectivity index (χ2n) is 4.56. The van der Waals surface area contributed by atoms with Crippen molar-refractivity contribution in [2.75, 3.05) is 11.9 Å². The third kappa shape index (κ3) is 4.48. The second-order valence-corrected chi connectivity index (χ2v) is 4.56. The van der Waals surface area contributed by atoms with Crippen molar-refractivity contribution in [2.45, 2.75) is 19.9 Å². The molecule has 4 nitrogen and oxygen atoms in total. The third-order valence-electron chi connectivity index (χ3n) is 2.98. The maximum Gasteiger partial charge on any atom is 0.238 e. The van der Waals surface area contributed by atoms with Gasteiger partial charge in [-0.2, -0.15) is 0 Å². The highest BCUT2D eigenvalue weighted by Gasteiger charge is 2.02. The van der Waals surface area contributed by atoms with Gasteiger partial charge in [0.15, 0.2) is 0 Å². The SMILES string of the molecule is CCc1ccc(NC(=O)CNCc2cccnc2)cc1. The summed E-state index contributed by atoms with van der Waals surface area (Å²) < 4.78 is 0. The summed E-state index contributed by atoms with van der Waals surface area (Å²) in [5.41, 5.74) is 3.15. The van der Waals surface area contributed by atoms with Crippen molar-refractivity contribution in [2.24, 2.45) is 0 Å². The van der Waals surface area contributed by atoms with Gasteiger partial charge in [0.05, 0.1) is 6.54 Å². The lowest BCUT2D eigenvalue weighted by molar-refractivity contribution is -0.115. The molecule has 0 saturated heterocycles. The molecule has 0 aliphatic heterocycles. The topological polar surface area (TPSA) is 54.0 Å². The smallest absolute Gasteiger partial charge is 0.238 e. The average molecular weight is 269 g/mol. The van der Waals surface area contributed by atoms with Crippen LogP contribution < -0.4 is 10.6 Å². The largest absolute Gasteiger partial charge is 0.325 e. The minimum absolute atomic E-state index is 0.0434. The van der Waals surface area contributed by atoms with Crippen LogP contribution in [-0.2, 0) is 17.8 Å². The molecule has 2 rings (SSSR count). The molecule has 1 amide bonds. The van der Waals surface area contributed by atoms with Crippen molar-refractivity contribution in [3.63, 3.8) is 0 Å². The molecule has 0 unspecified atom stereocenters. The van der Waals surface area contributed by atoms with E-state index in [2.05, 4.69) is 22.5 Å². The van der Waals surface area contributed by atoms with E-state index in [1.807, 2.05) is 36.4 Å². The molecule has 1 heterocycles. The first-order valence-electron chi connectivity index (χ1n) is 6.76. The van der Waals surface area contributed by atoms with E-state index in [0.29, 0.717) is 6.54 Å². The zero-order valence-corrected chi connectivity index (χ0v) is 11.6. The van der Waals surface area contributed by atoms with Gasteiger partial charge in [0.2, 0.25) is 5.91 Å². The first-order valence-corrected chi connectivity index (χ1v) is 6.76. The molecule has 2 aromatic rings. The molecule has 4 heteroatoms. The highest BCUT2D eigenvalue weighted by molar-refractivity contribution is 5.92. The lowest BCUT2D eigenvalue weighted by Gasteiger charge is -2.07. The first-order chi connectivity index (χ1) is 9.78. The molecular weight excluding hydrogens is 250 g/mol. The summed E-state index contributed by atoms with van der Waals surface area (Å²) in [6.07, 6.45) is 4.52. The van der Waals surface area contributed by atoms with Gasteiger partial charge in [-0.1, -0.05) is 25.1 Å². The fraction of sp³-hybridized carbons (Fsp3) is 0.250. The normalized spacial score (nSPS) is 10.2. The Morgan fingerprint density at radius 1 is 1.15 bits per heavy atom. The summed E-state index contributed by atoms with van der Waals surface area (Å²) in [5.74, 6) is -0.0434. The van der Waals surface area contributed by atoms with Gasteiger partial charge in [-0.3, -0.25) is 9.78 Å². The molecule has 0 aliphatic rings. The van der Waals surface area contributed by atoms with E-state index in [1.54, 1.807) is 12.4 Å². The van der Waals surface area contributed by atoms with Crippen LogP contribution in [0.15, 0.2) is 48.8 Å². The number of pyridine rings is 1. The van der Waals surface area contributed by atoms with Gasteiger partial charge < -0.3 is 10.6 Å². The lowest BCUT2D eigenvalue weighted by atomic mass is 10.1. The highest BCUT2D eigenvalue weighted by Crippen LogP contribution is 2.09. The quantitative estimate of drug-likeness (QED) is 0.846. The van der Waals surface area contributed by atoms with Crippen LogP contribution in [0, 0.1) is 0 Å². The fourth-order valence-electron chi connectivity index (χ4n) is 1.85. The zero-order valence-electron chi connectivity index (χ0n) is 11.6. The standard InChI is InChI=1S/C16H19N3O/c1-2-13-5-7-15(8-6-13)19-16(20)12-18-11-14-4-3-9-17-10-14/h3-10,18H,2,11-12H2,1H3,(H,19,20). The van der Waals surface area contributed by atoms with Crippen molar-refractivity contribution < 1.29 is 4.79 Å². The highest BCUT2D eigenvalue weighted by atomic mass is 16.1. The number of anilines is 1. The average Bonchev–Trinajstić information content (AvgIpc) is 2.49. The summed E-state index contributed by atoms with van der Waals surface area (Å²) in [4.78, 5) is 15.8. The number of aryl methyl sites for hydroxylation is 1. The van der Waals surface area contributed by atoms with Crippen LogP contribution in [-0.4, -0.2) is 17.4 Å². The van der Waals surface area contributed by atoms with Crippen LogP contribution in [0.4, 0.5) is 5.69 Å². The van der Waals surface area contributed by atoms with Crippen molar-refractivity contribution in [3.8, 4) is 0 Å². The van der Waals surface area contributed by atoms with E-state index in [9.17, 15) is 4.79 Å². The number of benzene rings is 1. The number of carbonyl (C=O) groups is 1. The van der Waals surface area contributed by atoms with Crippen molar-refractivity contribution in [1.82, 2.24) is 10.3 Å². The molecule has 1 aromatic heterocycles. The van der Waals surface area contributed by atoms with Crippen LogP contribution >= 0.6 is 0 Å². The minimum Gasteiger partial charge on any atom is -0.325 e. The molecule has 0 fully saturated rings. The van der Waals surface area contributed by atoms with Gasteiger partial charge in [0, 0.05) is 24.6 Å². The molecule has 0 aliphatic carbocycles. The summed E-state index contributed by atoms with van der Waals surface area (Å²) in [7, 11) is 0. The minimum atomic E-state index is -0.0434. The predicted octanol–water partition coefficient (Wildman–Crippen LogP) is 2.37. The van der Waals surface area contributed by atoms with E-state index >= 15 is 0 Å². The maximum atomic E-state index is 11.8. The molecule has 0 atom stereocenters. The lowest BCUT2D eigenvalue weighted by Crippen LogP contribution is -2.27. The van der Waals surface area contributed by atoms with Gasteiger partial charge in [0.1, 0.15) is 0 Å². The van der Waals surface area contributed by atoms with E-state index in [4.69, 9.17) is 0 Å². The Morgan fingerprint density at radius 3 is 2.60 bits per heavy atom. The Morgan fingerprint density at radius 2 is 1.95 bits per heavy atom. The molecule has 0 spiro atoms. The summed E-state index contributed by atoms with van der Waals surface area (Å²) in [5, 5.41) is 5.95. The number of nitrogens with zero attached hydrogens (tertiary/aromatic N) is 1. The van der Waals surface area contributed by atoms with Crippen LogP contribution in [0.5, 0.6) is 0 Å². The van der Waals surface area contributed by atoms with Gasteiger partial charge >= 0.3 is 0 Å². The third-order valence-corrected chi connectivity index (χ3v) is 2.98. The first kappa shape index (κ1) is 14.2. The summed E-state index contributed by atoms with van der Waals surface area (Å²) in [6.45, 7) is 3.02. The van der Waals surface area contributed by atoms with Crippen LogP contribution in [0.25, 0.3) is 0 Å². The molecule has 1 aromatic carbocycles.